The average Bonchev–Trinajstić information content (AvgIpc) is 3.09. The van der Waals surface area contributed by atoms with Crippen molar-refractivity contribution < 1.29 is 23.9 Å². The van der Waals surface area contributed by atoms with Crippen molar-refractivity contribution in [1.29, 1.82) is 0 Å². The number of hydrogen-bond acceptors (Lipinski definition) is 5. The minimum Gasteiger partial charge on any atom is -0.497 e. The molecule has 2 aromatic carbocycles. The Hall–Kier alpha value is -3.55. The van der Waals surface area contributed by atoms with Gasteiger partial charge in [0, 0.05) is 37.3 Å². The standard InChI is InChI=1S/C21H23N3O5/c1-13(25)22-15-7-8-19(29-3)18(10-15)23-21(27)14-9-20(26)24(12-14)16-5-4-6-17(11-16)28-2/h4-8,10-11,14H,9,12H2,1-3H3,(H,22,25)(H,23,27). The van der Waals surface area contributed by atoms with Crippen molar-refractivity contribution in [2.24, 2.45) is 5.92 Å². The molecule has 1 heterocycles. The van der Waals surface area contributed by atoms with Gasteiger partial charge in [-0.05, 0) is 30.3 Å². The number of nitrogens with zero attached hydrogens (tertiary/aromatic N) is 1. The van der Waals surface area contributed by atoms with Crippen molar-refractivity contribution in [2.75, 3.05) is 36.3 Å². The Morgan fingerprint density at radius 3 is 2.55 bits per heavy atom. The summed E-state index contributed by atoms with van der Waals surface area (Å²) in [5.41, 5.74) is 1.65. The van der Waals surface area contributed by atoms with Gasteiger partial charge in [0.2, 0.25) is 17.7 Å². The van der Waals surface area contributed by atoms with Crippen molar-refractivity contribution in [3.05, 3.63) is 42.5 Å². The first-order valence-corrected chi connectivity index (χ1v) is 9.12. The number of ether oxygens (including phenoxy) is 2. The number of benzene rings is 2. The molecule has 0 radical (unpaired) electrons. The summed E-state index contributed by atoms with van der Waals surface area (Å²) in [6.45, 7) is 1.67. The molecule has 3 rings (SSSR count). The van der Waals surface area contributed by atoms with Crippen molar-refractivity contribution >= 4 is 34.8 Å². The third-order valence-corrected chi connectivity index (χ3v) is 4.64. The first kappa shape index (κ1) is 20.2. The lowest BCUT2D eigenvalue weighted by Crippen LogP contribution is -2.28. The van der Waals surface area contributed by atoms with E-state index in [1.165, 1.54) is 14.0 Å². The number of rotatable bonds is 6. The van der Waals surface area contributed by atoms with Gasteiger partial charge in [-0.15, -0.1) is 0 Å². The fourth-order valence-electron chi connectivity index (χ4n) is 3.23. The zero-order valence-corrected chi connectivity index (χ0v) is 16.5. The normalized spacial score (nSPS) is 15.8. The molecule has 8 nitrogen and oxygen atoms in total. The molecule has 2 aromatic rings. The van der Waals surface area contributed by atoms with Crippen LogP contribution in [-0.2, 0) is 14.4 Å². The SMILES string of the molecule is COc1cccc(N2CC(C(=O)Nc3cc(NC(C)=O)ccc3OC)CC2=O)c1. The second kappa shape index (κ2) is 8.64. The van der Waals surface area contributed by atoms with Gasteiger partial charge in [-0.1, -0.05) is 6.07 Å². The first-order valence-electron chi connectivity index (χ1n) is 9.12. The maximum absolute atomic E-state index is 12.8. The number of carbonyl (C=O) groups is 3. The summed E-state index contributed by atoms with van der Waals surface area (Å²) in [5, 5.41) is 5.48. The average molecular weight is 397 g/mol. The van der Waals surface area contributed by atoms with E-state index in [-0.39, 0.29) is 30.7 Å². The summed E-state index contributed by atoms with van der Waals surface area (Å²) in [6, 6.07) is 12.1. The molecule has 152 valence electrons. The maximum atomic E-state index is 12.8. The van der Waals surface area contributed by atoms with E-state index in [2.05, 4.69) is 10.6 Å². The third-order valence-electron chi connectivity index (χ3n) is 4.64. The molecule has 0 aromatic heterocycles. The van der Waals surface area contributed by atoms with Gasteiger partial charge in [0.25, 0.3) is 0 Å². The molecule has 1 aliphatic heterocycles. The summed E-state index contributed by atoms with van der Waals surface area (Å²) in [6.07, 6.45) is 0.108. The Labute approximate surface area is 168 Å². The van der Waals surface area contributed by atoms with Crippen LogP contribution in [0.2, 0.25) is 0 Å². The molecular weight excluding hydrogens is 374 g/mol. The minimum atomic E-state index is -0.511. The largest absolute Gasteiger partial charge is 0.497 e. The van der Waals surface area contributed by atoms with Crippen LogP contribution < -0.4 is 25.0 Å². The van der Waals surface area contributed by atoms with Gasteiger partial charge in [-0.25, -0.2) is 0 Å². The van der Waals surface area contributed by atoms with Gasteiger partial charge < -0.3 is 25.0 Å². The van der Waals surface area contributed by atoms with Gasteiger partial charge in [-0.2, -0.15) is 0 Å². The predicted molar refractivity (Wildman–Crippen MR) is 109 cm³/mol. The second-order valence-electron chi connectivity index (χ2n) is 6.69. The Morgan fingerprint density at radius 1 is 1.07 bits per heavy atom. The van der Waals surface area contributed by atoms with Crippen LogP contribution in [0.5, 0.6) is 11.5 Å². The minimum absolute atomic E-state index is 0.108. The summed E-state index contributed by atoms with van der Waals surface area (Å²) in [7, 11) is 3.05. The molecule has 1 aliphatic rings. The van der Waals surface area contributed by atoms with Gasteiger partial charge >= 0.3 is 0 Å². The molecule has 1 unspecified atom stereocenters. The Balaban J connectivity index is 1.74. The molecule has 8 heteroatoms. The van der Waals surface area contributed by atoms with E-state index in [0.717, 1.165) is 0 Å². The van der Waals surface area contributed by atoms with Gasteiger partial charge in [0.1, 0.15) is 11.5 Å². The van der Waals surface area contributed by atoms with Crippen LogP contribution in [0.25, 0.3) is 0 Å². The summed E-state index contributed by atoms with van der Waals surface area (Å²) < 4.78 is 10.5. The zero-order valence-electron chi connectivity index (χ0n) is 16.5. The monoisotopic (exact) mass is 397 g/mol. The first-order chi connectivity index (χ1) is 13.9. The van der Waals surface area contributed by atoms with Crippen molar-refractivity contribution in [3.63, 3.8) is 0 Å². The van der Waals surface area contributed by atoms with Crippen LogP contribution in [0.15, 0.2) is 42.5 Å². The van der Waals surface area contributed by atoms with E-state index in [0.29, 0.717) is 28.6 Å². The van der Waals surface area contributed by atoms with E-state index in [9.17, 15) is 14.4 Å². The molecule has 2 N–H and O–H groups in total. The lowest BCUT2D eigenvalue weighted by molar-refractivity contribution is -0.122. The van der Waals surface area contributed by atoms with Crippen molar-refractivity contribution in [3.8, 4) is 11.5 Å². The maximum Gasteiger partial charge on any atom is 0.229 e. The van der Waals surface area contributed by atoms with Gasteiger partial charge in [0.15, 0.2) is 0 Å². The lowest BCUT2D eigenvalue weighted by Gasteiger charge is -2.18. The fourth-order valence-corrected chi connectivity index (χ4v) is 3.23. The molecule has 0 saturated carbocycles. The molecule has 0 bridgehead atoms. The van der Waals surface area contributed by atoms with Crippen LogP contribution in [0.3, 0.4) is 0 Å². The van der Waals surface area contributed by atoms with Crippen LogP contribution in [-0.4, -0.2) is 38.5 Å². The van der Waals surface area contributed by atoms with Crippen LogP contribution in [0, 0.1) is 5.92 Å². The van der Waals surface area contributed by atoms with Crippen LogP contribution in [0.4, 0.5) is 17.1 Å². The molecular formula is C21H23N3O5. The second-order valence-corrected chi connectivity index (χ2v) is 6.69. The number of nitrogens with one attached hydrogen (secondary N) is 2. The Kier molecular flexibility index (Phi) is 6.01. The zero-order chi connectivity index (χ0) is 21.0. The number of anilines is 3. The van der Waals surface area contributed by atoms with E-state index < -0.39 is 5.92 Å². The number of hydrogen-bond donors (Lipinski definition) is 2. The smallest absolute Gasteiger partial charge is 0.229 e. The van der Waals surface area contributed by atoms with Crippen molar-refractivity contribution in [1.82, 2.24) is 0 Å². The fraction of sp³-hybridized carbons (Fsp3) is 0.286. The number of carbonyl (C=O) groups excluding carboxylic acids is 3. The molecule has 0 spiro atoms. The Morgan fingerprint density at radius 2 is 1.86 bits per heavy atom. The van der Waals surface area contributed by atoms with Crippen LogP contribution in [0.1, 0.15) is 13.3 Å². The summed E-state index contributed by atoms with van der Waals surface area (Å²) in [4.78, 5) is 38.1. The highest BCUT2D eigenvalue weighted by atomic mass is 16.5. The highest BCUT2D eigenvalue weighted by Crippen LogP contribution is 2.31. The highest BCUT2D eigenvalue weighted by Gasteiger charge is 2.35. The molecule has 29 heavy (non-hydrogen) atoms. The lowest BCUT2D eigenvalue weighted by atomic mass is 10.1. The topological polar surface area (TPSA) is 97.0 Å². The van der Waals surface area contributed by atoms with E-state index in [1.54, 1.807) is 54.5 Å². The van der Waals surface area contributed by atoms with Gasteiger partial charge in [0.05, 0.1) is 25.8 Å². The summed E-state index contributed by atoms with van der Waals surface area (Å²) in [5.74, 6) is -0.0471. The molecule has 3 amide bonds. The third kappa shape index (κ3) is 4.66. The molecule has 1 fully saturated rings. The van der Waals surface area contributed by atoms with Crippen LogP contribution >= 0.6 is 0 Å². The highest BCUT2D eigenvalue weighted by molar-refractivity contribution is 6.04. The Bertz CT molecular complexity index is 944. The van der Waals surface area contributed by atoms with E-state index in [1.807, 2.05) is 0 Å². The molecule has 0 aliphatic carbocycles. The number of amides is 3. The van der Waals surface area contributed by atoms with Gasteiger partial charge in [-0.3, -0.25) is 14.4 Å². The van der Waals surface area contributed by atoms with Crippen molar-refractivity contribution in [2.45, 2.75) is 13.3 Å². The summed E-state index contributed by atoms with van der Waals surface area (Å²) >= 11 is 0. The van der Waals surface area contributed by atoms with E-state index >= 15 is 0 Å². The predicted octanol–water partition coefficient (Wildman–Crippen LogP) is 2.65. The molecule has 1 atom stereocenters. The quantitative estimate of drug-likeness (QED) is 0.781. The van der Waals surface area contributed by atoms with E-state index in [4.69, 9.17) is 9.47 Å². The molecule has 1 saturated heterocycles. The number of methoxy groups -OCH3 is 2.